The van der Waals surface area contributed by atoms with E-state index in [1.807, 2.05) is 18.2 Å². The first-order chi connectivity index (χ1) is 7.75. The number of nitrogens with two attached hydrogens (primary N) is 1. The summed E-state index contributed by atoms with van der Waals surface area (Å²) in [4.78, 5) is 4.47. The third-order valence-corrected chi connectivity index (χ3v) is 3.57. The maximum atomic E-state index is 6.05. The Balaban J connectivity index is 2.08. The van der Waals surface area contributed by atoms with Gasteiger partial charge in [0.2, 0.25) is 0 Å². The van der Waals surface area contributed by atoms with Crippen molar-refractivity contribution in [2.75, 3.05) is 0 Å². The Bertz CT molecular complexity index is 523. The maximum absolute atomic E-state index is 6.05. The lowest BCUT2D eigenvalue weighted by Gasteiger charge is -2.09. The largest absolute Gasteiger partial charge is 0.439 e. The van der Waals surface area contributed by atoms with E-state index >= 15 is 0 Å². The molecule has 4 heteroatoms. The Morgan fingerprint density at radius 1 is 1.38 bits per heavy atom. The number of fused-ring (bicyclic) bond motifs is 1. The van der Waals surface area contributed by atoms with E-state index in [1.165, 1.54) is 0 Å². The average molecular weight is 237 g/mol. The van der Waals surface area contributed by atoms with Crippen molar-refractivity contribution < 1.29 is 4.42 Å². The molecule has 1 heterocycles. The molecule has 1 fully saturated rings. The smallest absolute Gasteiger partial charge is 0.200 e. The van der Waals surface area contributed by atoms with Crippen molar-refractivity contribution in [3.63, 3.8) is 0 Å². The average Bonchev–Trinajstić information content (AvgIpc) is 2.84. The van der Waals surface area contributed by atoms with Crippen LogP contribution in [0.3, 0.4) is 0 Å². The fraction of sp³-hybridized carbons (Fsp3) is 0.417. The molecule has 0 radical (unpaired) electrons. The summed E-state index contributed by atoms with van der Waals surface area (Å²) in [6, 6.07) is 5.78. The Kier molecular flexibility index (Phi) is 2.37. The summed E-state index contributed by atoms with van der Waals surface area (Å²) in [5, 5.41) is 0.614. The van der Waals surface area contributed by atoms with Crippen LogP contribution in [-0.2, 0) is 0 Å². The lowest BCUT2D eigenvalue weighted by Crippen LogP contribution is -2.22. The number of hydrogen-bond acceptors (Lipinski definition) is 3. The van der Waals surface area contributed by atoms with E-state index in [1.54, 1.807) is 0 Å². The zero-order valence-electron chi connectivity index (χ0n) is 8.82. The van der Waals surface area contributed by atoms with Gasteiger partial charge in [0.15, 0.2) is 11.5 Å². The molecule has 3 nitrogen and oxygen atoms in total. The molecule has 1 aliphatic carbocycles. The third-order valence-electron chi connectivity index (χ3n) is 3.27. The van der Waals surface area contributed by atoms with Gasteiger partial charge >= 0.3 is 0 Å². The Hall–Kier alpha value is -1.06. The molecule has 2 N–H and O–H groups in total. The van der Waals surface area contributed by atoms with Crippen LogP contribution in [0, 0.1) is 0 Å². The number of benzene rings is 1. The molecule has 84 valence electrons. The molecule has 0 aliphatic heterocycles. The van der Waals surface area contributed by atoms with Crippen LogP contribution >= 0.6 is 11.6 Å². The van der Waals surface area contributed by atoms with Gasteiger partial charge in [0.05, 0.1) is 10.9 Å². The van der Waals surface area contributed by atoms with Gasteiger partial charge in [-0.05, 0) is 25.0 Å². The highest BCUT2D eigenvalue weighted by molar-refractivity contribution is 6.34. The number of rotatable bonds is 1. The summed E-state index contributed by atoms with van der Waals surface area (Å²) >= 11 is 6.05. The van der Waals surface area contributed by atoms with Gasteiger partial charge in [0.1, 0.15) is 5.52 Å². The highest BCUT2D eigenvalue weighted by Gasteiger charge is 2.29. The van der Waals surface area contributed by atoms with Crippen LogP contribution in [0.15, 0.2) is 22.6 Å². The Morgan fingerprint density at radius 3 is 2.94 bits per heavy atom. The minimum absolute atomic E-state index is 0.173. The van der Waals surface area contributed by atoms with E-state index in [0.29, 0.717) is 10.6 Å². The van der Waals surface area contributed by atoms with E-state index in [2.05, 4.69) is 4.98 Å². The summed E-state index contributed by atoms with van der Waals surface area (Å²) in [6.45, 7) is 0. The van der Waals surface area contributed by atoms with Crippen molar-refractivity contribution >= 4 is 22.7 Å². The van der Waals surface area contributed by atoms with Crippen molar-refractivity contribution in [1.82, 2.24) is 4.98 Å². The van der Waals surface area contributed by atoms with Gasteiger partial charge in [-0.3, -0.25) is 0 Å². The third kappa shape index (κ3) is 1.51. The molecule has 2 aromatic rings. The fourth-order valence-electron chi connectivity index (χ4n) is 2.39. The second-order valence-corrected chi connectivity index (χ2v) is 4.75. The minimum atomic E-state index is 0.173. The SMILES string of the molecule is NC1CCCC1c1nc2cccc(Cl)c2o1. The lowest BCUT2D eigenvalue weighted by molar-refractivity contribution is 0.449. The highest BCUT2D eigenvalue weighted by Crippen LogP contribution is 2.35. The standard InChI is InChI=1S/C12H13ClN2O/c13-8-4-2-6-10-11(8)16-12(15-10)7-3-1-5-9(7)14/h2,4,6-7,9H,1,3,5,14H2. The van der Waals surface area contributed by atoms with Crippen molar-refractivity contribution in [2.45, 2.75) is 31.2 Å². The normalized spacial score (nSPS) is 25.4. The summed E-state index contributed by atoms with van der Waals surface area (Å²) in [6.07, 6.45) is 3.26. The topological polar surface area (TPSA) is 52.0 Å². The van der Waals surface area contributed by atoms with Crippen LogP contribution in [0.2, 0.25) is 5.02 Å². The molecule has 1 aromatic heterocycles. The molecule has 1 saturated carbocycles. The highest BCUT2D eigenvalue weighted by atomic mass is 35.5. The monoisotopic (exact) mass is 236 g/mol. The molecule has 0 spiro atoms. The summed E-state index contributed by atoms with van der Waals surface area (Å²) in [5.41, 5.74) is 7.54. The molecule has 0 amide bonds. The molecule has 1 aromatic carbocycles. The first-order valence-corrected chi connectivity index (χ1v) is 5.94. The van der Waals surface area contributed by atoms with E-state index in [0.717, 1.165) is 30.7 Å². The number of halogens is 1. The summed E-state index contributed by atoms with van der Waals surface area (Å²) < 4.78 is 5.73. The van der Waals surface area contributed by atoms with E-state index in [-0.39, 0.29) is 12.0 Å². The summed E-state index contributed by atoms with van der Waals surface area (Å²) in [7, 11) is 0. The van der Waals surface area contributed by atoms with Gasteiger partial charge in [-0.2, -0.15) is 0 Å². The van der Waals surface area contributed by atoms with Crippen molar-refractivity contribution in [1.29, 1.82) is 0 Å². The number of hydrogen-bond donors (Lipinski definition) is 1. The van der Waals surface area contributed by atoms with E-state index in [9.17, 15) is 0 Å². The van der Waals surface area contributed by atoms with Gasteiger partial charge in [-0.1, -0.05) is 24.1 Å². The predicted octanol–water partition coefficient (Wildman–Crippen LogP) is 3.08. The summed E-state index contributed by atoms with van der Waals surface area (Å²) in [5.74, 6) is 0.997. The van der Waals surface area contributed by atoms with Crippen molar-refractivity contribution in [2.24, 2.45) is 5.73 Å². The number of nitrogens with zero attached hydrogens (tertiary/aromatic N) is 1. The fourth-order valence-corrected chi connectivity index (χ4v) is 2.59. The number of oxazole rings is 1. The van der Waals surface area contributed by atoms with Gasteiger partial charge in [-0.25, -0.2) is 4.98 Å². The Morgan fingerprint density at radius 2 is 2.25 bits per heavy atom. The predicted molar refractivity (Wildman–Crippen MR) is 63.6 cm³/mol. The van der Waals surface area contributed by atoms with Gasteiger partial charge in [0, 0.05) is 6.04 Å². The molecule has 3 rings (SSSR count). The molecule has 2 atom stereocenters. The molecule has 2 unspecified atom stereocenters. The lowest BCUT2D eigenvalue weighted by atomic mass is 10.1. The van der Waals surface area contributed by atoms with Crippen LogP contribution in [0.25, 0.3) is 11.1 Å². The minimum Gasteiger partial charge on any atom is -0.439 e. The van der Waals surface area contributed by atoms with Crippen molar-refractivity contribution in [3.05, 3.63) is 29.1 Å². The molecule has 0 saturated heterocycles. The van der Waals surface area contributed by atoms with Crippen molar-refractivity contribution in [3.8, 4) is 0 Å². The second-order valence-electron chi connectivity index (χ2n) is 4.34. The first kappa shape index (κ1) is 10.1. The molecular formula is C12H13ClN2O. The van der Waals surface area contributed by atoms with Gasteiger partial charge in [-0.15, -0.1) is 0 Å². The quantitative estimate of drug-likeness (QED) is 0.828. The van der Waals surface area contributed by atoms with E-state index < -0.39 is 0 Å². The maximum Gasteiger partial charge on any atom is 0.200 e. The molecule has 0 bridgehead atoms. The molecule has 1 aliphatic rings. The van der Waals surface area contributed by atoms with Gasteiger partial charge < -0.3 is 10.2 Å². The molecule has 16 heavy (non-hydrogen) atoms. The van der Waals surface area contributed by atoms with Crippen LogP contribution < -0.4 is 5.73 Å². The number of aromatic nitrogens is 1. The number of para-hydroxylation sites is 1. The first-order valence-electron chi connectivity index (χ1n) is 5.56. The second kappa shape index (κ2) is 3.75. The van der Waals surface area contributed by atoms with Gasteiger partial charge in [0.25, 0.3) is 0 Å². The van der Waals surface area contributed by atoms with Crippen LogP contribution in [-0.4, -0.2) is 11.0 Å². The van der Waals surface area contributed by atoms with E-state index in [4.69, 9.17) is 21.8 Å². The van der Waals surface area contributed by atoms with Crippen LogP contribution in [0.5, 0.6) is 0 Å². The van der Waals surface area contributed by atoms with Crippen LogP contribution in [0.1, 0.15) is 31.1 Å². The Labute approximate surface area is 98.6 Å². The zero-order chi connectivity index (χ0) is 11.1. The van der Waals surface area contributed by atoms with Crippen LogP contribution in [0.4, 0.5) is 0 Å². The molecular weight excluding hydrogens is 224 g/mol. The zero-order valence-corrected chi connectivity index (χ0v) is 9.57.